The second kappa shape index (κ2) is 7.96. The van der Waals surface area contributed by atoms with Gasteiger partial charge < -0.3 is 19.7 Å². The maximum Gasteiger partial charge on any atom is 0.340 e. The number of aryl methyl sites for hydroxylation is 1. The average molecular weight is 380 g/mol. The first-order valence-electron chi connectivity index (χ1n) is 8.84. The highest BCUT2D eigenvalue weighted by molar-refractivity contribution is 6.11. The zero-order chi connectivity index (χ0) is 20.3. The summed E-state index contributed by atoms with van der Waals surface area (Å²) in [5.74, 6) is -1.78. The molecule has 1 amide bonds. The number of anilines is 1. The molecule has 7 heteroatoms. The van der Waals surface area contributed by atoms with Gasteiger partial charge in [0.1, 0.15) is 11.3 Å². The number of nitrogens with one attached hydrogen (secondary N) is 1. The molecular formula is C21H20N2O5. The summed E-state index contributed by atoms with van der Waals surface area (Å²) in [4.78, 5) is 37.7. The number of rotatable bonds is 5. The molecule has 1 aromatic heterocycles. The van der Waals surface area contributed by atoms with E-state index in [1.54, 1.807) is 36.4 Å². The van der Waals surface area contributed by atoms with Gasteiger partial charge in [-0.2, -0.15) is 0 Å². The van der Waals surface area contributed by atoms with Crippen molar-refractivity contribution in [3.05, 3.63) is 70.0 Å². The predicted molar refractivity (Wildman–Crippen MR) is 106 cm³/mol. The molecule has 1 heterocycles. The highest BCUT2D eigenvalue weighted by atomic mass is 16.5. The summed E-state index contributed by atoms with van der Waals surface area (Å²) >= 11 is 0. The van der Waals surface area contributed by atoms with Crippen molar-refractivity contribution in [2.24, 2.45) is 7.05 Å². The van der Waals surface area contributed by atoms with E-state index >= 15 is 0 Å². The molecule has 0 radical (unpaired) electrons. The van der Waals surface area contributed by atoms with E-state index in [9.17, 15) is 19.5 Å². The Morgan fingerprint density at radius 2 is 1.79 bits per heavy atom. The fourth-order valence-electron chi connectivity index (χ4n) is 2.91. The van der Waals surface area contributed by atoms with Gasteiger partial charge in [-0.25, -0.2) is 4.79 Å². The number of fused-ring (bicyclic) bond motifs is 1. The minimum Gasteiger partial charge on any atom is -0.506 e. The summed E-state index contributed by atoms with van der Waals surface area (Å²) in [6.07, 6.45) is 0.668. The topological polar surface area (TPSA) is 97.6 Å². The number of carbonyl (C=O) groups is 2. The quantitative estimate of drug-likeness (QED) is 0.663. The Hall–Kier alpha value is -3.61. The lowest BCUT2D eigenvalue weighted by Crippen LogP contribution is -2.28. The van der Waals surface area contributed by atoms with Gasteiger partial charge in [0.05, 0.1) is 23.4 Å². The van der Waals surface area contributed by atoms with Crippen LogP contribution in [0.2, 0.25) is 0 Å². The molecule has 0 bridgehead atoms. The third-order valence-electron chi connectivity index (χ3n) is 4.34. The number of carbonyl (C=O) groups excluding carboxylic acids is 2. The summed E-state index contributed by atoms with van der Waals surface area (Å²) in [7, 11) is 1.52. The minimum absolute atomic E-state index is 0.168. The van der Waals surface area contributed by atoms with Gasteiger partial charge in [-0.1, -0.05) is 31.2 Å². The monoisotopic (exact) mass is 380 g/mol. The third kappa shape index (κ3) is 3.46. The Labute approximate surface area is 161 Å². The van der Waals surface area contributed by atoms with E-state index in [-0.39, 0.29) is 17.9 Å². The molecule has 7 nitrogen and oxygen atoms in total. The Morgan fingerprint density at radius 1 is 1.11 bits per heavy atom. The second-order valence-corrected chi connectivity index (χ2v) is 6.24. The van der Waals surface area contributed by atoms with Crippen LogP contribution in [0, 0.1) is 0 Å². The van der Waals surface area contributed by atoms with E-state index in [2.05, 4.69) is 5.32 Å². The fourth-order valence-corrected chi connectivity index (χ4v) is 2.91. The highest BCUT2D eigenvalue weighted by Crippen LogP contribution is 2.27. The number of aromatic nitrogens is 1. The van der Waals surface area contributed by atoms with Crippen LogP contribution in [0.3, 0.4) is 0 Å². The first-order chi connectivity index (χ1) is 13.5. The lowest BCUT2D eigenvalue weighted by molar-refractivity contribution is 0.0506. The predicted octanol–water partition coefficient (Wildman–Crippen LogP) is 3.06. The van der Waals surface area contributed by atoms with Crippen LogP contribution in [-0.2, 0) is 11.8 Å². The SMILES string of the molecule is CCCOC(=O)c1ccccc1NC(=O)c1c(O)c2ccccc2n(C)c1=O. The summed E-state index contributed by atoms with van der Waals surface area (Å²) in [5.41, 5.74) is -0.160. The lowest BCUT2D eigenvalue weighted by atomic mass is 10.1. The number of aromatic hydroxyl groups is 1. The molecule has 2 N–H and O–H groups in total. The van der Waals surface area contributed by atoms with Crippen molar-refractivity contribution in [2.45, 2.75) is 13.3 Å². The number of nitrogens with zero attached hydrogens (tertiary/aromatic N) is 1. The van der Waals surface area contributed by atoms with Gasteiger partial charge in [-0.3, -0.25) is 9.59 Å². The van der Waals surface area contributed by atoms with E-state index < -0.39 is 28.7 Å². The van der Waals surface area contributed by atoms with Crippen molar-refractivity contribution < 1.29 is 19.4 Å². The van der Waals surface area contributed by atoms with Crippen LogP contribution in [0.15, 0.2) is 53.3 Å². The summed E-state index contributed by atoms with van der Waals surface area (Å²) in [5, 5.41) is 13.5. The van der Waals surface area contributed by atoms with Gasteiger partial charge in [0.25, 0.3) is 11.5 Å². The largest absolute Gasteiger partial charge is 0.506 e. The van der Waals surface area contributed by atoms with E-state index in [0.717, 1.165) is 0 Å². The Morgan fingerprint density at radius 3 is 2.54 bits per heavy atom. The van der Waals surface area contributed by atoms with E-state index in [1.165, 1.54) is 23.7 Å². The molecule has 0 spiro atoms. The van der Waals surface area contributed by atoms with E-state index in [1.807, 2.05) is 6.92 Å². The minimum atomic E-state index is -0.806. The smallest absolute Gasteiger partial charge is 0.340 e. The summed E-state index contributed by atoms with van der Waals surface area (Å²) in [6, 6.07) is 13.1. The van der Waals surface area contributed by atoms with Crippen LogP contribution >= 0.6 is 0 Å². The molecule has 3 aromatic rings. The van der Waals surface area contributed by atoms with Crippen LogP contribution in [0.25, 0.3) is 10.9 Å². The number of esters is 1. The van der Waals surface area contributed by atoms with Gasteiger partial charge >= 0.3 is 5.97 Å². The molecule has 0 unspecified atom stereocenters. The average Bonchev–Trinajstić information content (AvgIpc) is 2.71. The number of hydrogen-bond acceptors (Lipinski definition) is 5. The van der Waals surface area contributed by atoms with Gasteiger partial charge in [0.2, 0.25) is 0 Å². The molecule has 0 aliphatic carbocycles. The molecule has 144 valence electrons. The van der Waals surface area contributed by atoms with Crippen molar-refractivity contribution in [3.8, 4) is 5.75 Å². The standard InChI is InChI=1S/C21H20N2O5/c1-3-12-28-21(27)13-8-4-6-10-15(13)22-19(25)17-18(24)14-9-5-7-11-16(14)23(2)20(17)26/h4-11,24H,3,12H2,1-2H3,(H,22,25). The number of para-hydroxylation sites is 2. The Balaban J connectivity index is 2.02. The highest BCUT2D eigenvalue weighted by Gasteiger charge is 2.23. The van der Waals surface area contributed by atoms with Crippen LogP contribution < -0.4 is 10.9 Å². The summed E-state index contributed by atoms with van der Waals surface area (Å²) in [6.45, 7) is 2.13. The Bertz CT molecular complexity index is 1120. The number of hydrogen-bond donors (Lipinski definition) is 2. The molecule has 0 fully saturated rings. The van der Waals surface area contributed by atoms with Crippen molar-refractivity contribution in [1.82, 2.24) is 4.57 Å². The zero-order valence-electron chi connectivity index (χ0n) is 15.6. The maximum absolute atomic E-state index is 12.8. The van der Waals surface area contributed by atoms with Gasteiger partial charge in [-0.15, -0.1) is 0 Å². The maximum atomic E-state index is 12.8. The van der Waals surface area contributed by atoms with Crippen LogP contribution in [-0.4, -0.2) is 28.2 Å². The normalized spacial score (nSPS) is 10.6. The van der Waals surface area contributed by atoms with Gasteiger partial charge in [0, 0.05) is 12.4 Å². The third-order valence-corrected chi connectivity index (χ3v) is 4.34. The number of benzene rings is 2. The molecule has 2 aromatic carbocycles. The second-order valence-electron chi connectivity index (χ2n) is 6.24. The molecule has 0 saturated heterocycles. The number of amides is 1. The summed E-state index contributed by atoms with van der Waals surface area (Å²) < 4.78 is 6.42. The molecule has 3 rings (SSSR count). The van der Waals surface area contributed by atoms with Crippen molar-refractivity contribution in [2.75, 3.05) is 11.9 Å². The van der Waals surface area contributed by atoms with E-state index in [0.29, 0.717) is 17.3 Å². The molecule has 0 aliphatic heterocycles. The van der Waals surface area contributed by atoms with Crippen molar-refractivity contribution >= 4 is 28.5 Å². The molecule has 0 saturated carbocycles. The number of ether oxygens (including phenoxy) is 1. The van der Waals surface area contributed by atoms with Crippen LogP contribution in [0.4, 0.5) is 5.69 Å². The first kappa shape index (κ1) is 19.2. The Kier molecular flexibility index (Phi) is 5.44. The molecule has 0 aliphatic rings. The van der Waals surface area contributed by atoms with Crippen molar-refractivity contribution in [3.63, 3.8) is 0 Å². The number of pyridine rings is 1. The van der Waals surface area contributed by atoms with Crippen LogP contribution in [0.5, 0.6) is 5.75 Å². The molecule has 28 heavy (non-hydrogen) atoms. The first-order valence-corrected chi connectivity index (χ1v) is 8.84. The molecule has 0 atom stereocenters. The lowest BCUT2D eigenvalue weighted by Gasteiger charge is -2.13. The zero-order valence-corrected chi connectivity index (χ0v) is 15.6. The van der Waals surface area contributed by atoms with Gasteiger partial charge in [-0.05, 0) is 30.7 Å². The van der Waals surface area contributed by atoms with Gasteiger partial charge in [0.15, 0.2) is 0 Å². The van der Waals surface area contributed by atoms with Crippen LogP contribution in [0.1, 0.15) is 34.1 Å². The molecular weight excluding hydrogens is 360 g/mol. The van der Waals surface area contributed by atoms with E-state index in [4.69, 9.17) is 4.74 Å². The van der Waals surface area contributed by atoms with Crippen molar-refractivity contribution in [1.29, 1.82) is 0 Å². The fraction of sp³-hybridized carbons (Fsp3) is 0.190.